The molecule has 15 rings (SSSR count). The standard InChI is InChI=1S/C64H38N4O2S2/c1-7-15-59-51(9-1)53-33-29-47(37-61(53)71-59)67(43-23-19-39(20-24-43)63-65-55-11-3-5-13-57(55)69-63)45-27-31-49-41(35-45)17-18-42-36-46(28-32-50(42)49)68(48-30-34-54-52-10-2-8-16-60(52)72-62(54)38-48)44-25-21-40(22-26-44)64-66-56-12-4-6-14-58(56)70-64/h1-38H. The lowest BCUT2D eigenvalue weighted by Crippen LogP contribution is -2.10. The lowest BCUT2D eigenvalue weighted by Gasteiger charge is -2.27. The molecular weight excluding hydrogens is 921 g/mol. The SMILES string of the molecule is c1ccc2oc(-c3ccc(N(c4ccc5c(ccc6cc(N(c7ccc(-c8nc9ccccc9o8)cc7)c7ccc8c(c7)sc7ccccc78)ccc65)c4)c4ccc5c(c4)sc4ccccc45)cc3)nc2c1. The van der Waals surface area contributed by atoms with Gasteiger partial charge in [0.05, 0.1) is 0 Å². The summed E-state index contributed by atoms with van der Waals surface area (Å²) >= 11 is 3.67. The second-order valence-corrected chi connectivity index (χ2v) is 20.3. The molecule has 0 saturated heterocycles. The second kappa shape index (κ2) is 16.2. The maximum Gasteiger partial charge on any atom is 0.227 e. The number of oxazole rings is 2. The van der Waals surface area contributed by atoms with E-state index in [1.54, 1.807) is 0 Å². The lowest BCUT2D eigenvalue weighted by atomic mass is 9.99. The van der Waals surface area contributed by atoms with E-state index in [0.717, 1.165) is 78.2 Å². The van der Waals surface area contributed by atoms with Crippen LogP contribution < -0.4 is 9.80 Å². The molecule has 0 saturated carbocycles. The molecule has 8 heteroatoms. The average molecular weight is 959 g/mol. The molecule has 0 bridgehead atoms. The van der Waals surface area contributed by atoms with Crippen molar-refractivity contribution in [1.29, 1.82) is 0 Å². The van der Waals surface area contributed by atoms with E-state index in [1.807, 2.05) is 71.2 Å². The zero-order valence-electron chi connectivity index (χ0n) is 38.4. The highest BCUT2D eigenvalue weighted by Crippen LogP contribution is 2.45. The van der Waals surface area contributed by atoms with Crippen molar-refractivity contribution in [1.82, 2.24) is 9.97 Å². The minimum Gasteiger partial charge on any atom is -0.436 e. The summed E-state index contributed by atoms with van der Waals surface area (Å²) in [7, 11) is 0. The van der Waals surface area contributed by atoms with Crippen LogP contribution in [0, 0.1) is 0 Å². The number of thiophene rings is 2. The summed E-state index contributed by atoms with van der Waals surface area (Å²) in [6.07, 6.45) is 0. The van der Waals surface area contributed by atoms with Crippen LogP contribution in [0.4, 0.5) is 34.1 Å². The Hall–Kier alpha value is -9.08. The molecule has 0 amide bonds. The van der Waals surface area contributed by atoms with Crippen LogP contribution in [0.5, 0.6) is 0 Å². The quantitative estimate of drug-likeness (QED) is 0.141. The van der Waals surface area contributed by atoms with Crippen molar-refractivity contribution in [2.75, 3.05) is 9.80 Å². The third-order valence-corrected chi connectivity index (χ3v) is 16.2. The number of rotatable bonds is 8. The maximum atomic E-state index is 6.17. The molecule has 4 aromatic heterocycles. The summed E-state index contributed by atoms with van der Waals surface area (Å²) in [6, 6.07) is 82.1. The van der Waals surface area contributed by atoms with E-state index in [9.17, 15) is 0 Å². The van der Waals surface area contributed by atoms with Crippen LogP contribution in [0.1, 0.15) is 0 Å². The molecule has 338 valence electrons. The van der Waals surface area contributed by atoms with Gasteiger partial charge in [0.1, 0.15) is 11.0 Å². The molecule has 15 aromatic rings. The monoisotopic (exact) mass is 958 g/mol. The second-order valence-electron chi connectivity index (χ2n) is 18.2. The first kappa shape index (κ1) is 40.8. The van der Waals surface area contributed by atoms with E-state index in [0.29, 0.717) is 11.8 Å². The van der Waals surface area contributed by atoms with Gasteiger partial charge in [-0.05, 0) is 155 Å². The summed E-state index contributed by atoms with van der Waals surface area (Å²) < 4.78 is 17.4. The number of para-hydroxylation sites is 4. The summed E-state index contributed by atoms with van der Waals surface area (Å²) in [4.78, 5) is 14.3. The first-order valence-electron chi connectivity index (χ1n) is 23.9. The average Bonchev–Trinajstić information content (AvgIpc) is 4.24. The number of hydrogen-bond acceptors (Lipinski definition) is 8. The predicted octanol–water partition coefficient (Wildman–Crippen LogP) is 19.3. The van der Waals surface area contributed by atoms with Gasteiger partial charge in [-0.1, -0.05) is 97.1 Å². The summed E-state index contributed by atoms with van der Waals surface area (Å²) in [6.45, 7) is 0. The molecule has 0 spiro atoms. The topological polar surface area (TPSA) is 58.5 Å². The van der Waals surface area contributed by atoms with Crippen molar-refractivity contribution in [3.05, 3.63) is 231 Å². The van der Waals surface area contributed by atoms with E-state index < -0.39 is 0 Å². The van der Waals surface area contributed by atoms with Crippen molar-refractivity contribution >= 4 is 141 Å². The molecule has 0 N–H and O–H groups in total. The van der Waals surface area contributed by atoms with Crippen molar-refractivity contribution in [2.24, 2.45) is 0 Å². The van der Waals surface area contributed by atoms with Gasteiger partial charge in [0, 0.05) is 85.6 Å². The fourth-order valence-electron chi connectivity index (χ4n) is 10.4. The number of anilines is 6. The summed E-state index contributed by atoms with van der Waals surface area (Å²) in [5.41, 5.74) is 11.5. The van der Waals surface area contributed by atoms with Gasteiger partial charge in [-0.15, -0.1) is 22.7 Å². The lowest BCUT2D eigenvalue weighted by molar-refractivity contribution is 0.619. The van der Waals surface area contributed by atoms with Crippen LogP contribution in [0.3, 0.4) is 0 Å². The summed E-state index contributed by atoms with van der Waals surface area (Å²) in [5.74, 6) is 1.22. The fraction of sp³-hybridized carbons (Fsp3) is 0. The molecular formula is C64H38N4O2S2. The molecule has 72 heavy (non-hydrogen) atoms. The predicted molar refractivity (Wildman–Crippen MR) is 303 cm³/mol. The van der Waals surface area contributed by atoms with Crippen LogP contribution in [-0.4, -0.2) is 9.97 Å². The summed E-state index contributed by atoms with van der Waals surface area (Å²) in [5, 5.41) is 9.81. The number of benzene rings is 11. The van der Waals surface area contributed by atoms with Crippen LogP contribution in [0.25, 0.3) is 107 Å². The van der Waals surface area contributed by atoms with Crippen LogP contribution >= 0.6 is 22.7 Å². The van der Waals surface area contributed by atoms with E-state index in [2.05, 4.69) is 192 Å². The Balaban J connectivity index is 0.828. The third-order valence-electron chi connectivity index (χ3n) is 13.9. The number of aromatic nitrogens is 2. The van der Waals surface area contributed by atoms with Gasteiger partial charge in [0.25, 0.3) is 0 Å². The highest BCUT2D eigenvalue weighted by atomic mass is 32.1. The van der Waals surface area contributed by atoms with Gasteiger partial charge in [-0.25, -0.2) is 9.97 Å². The van der Waals surface area contributed by atoms with Crippen molar-refractivity contribution < 1.29 is 8.83 Å². The van der Waals surface area contributed by atoms with E-state index in [-0.39, 0.29) is 0 Å². The molecule has 0 radical (unpaired) electrons. The van der Waals surface area contributed by atoms with Gasteiger partial charge >= 0.3 is 0 Å². The van der Waals surface area contributed by atoms with E-state index in [1.165, 1.54) is 51.1 Å². The van der Waals surface area contributed by atoms with Crippen molar-refractivity contribution in [3.8, 4) is 22.9 Å². The van der Waals surface area contributed by atoms with Crippen molar-refractivity contribution in [3.63, 3.8) is 0 Å². The van der Waals surface area contributed by atoms with E-state index >= 15 is 0 Å². The van der Waals surface area contributed by atoms with Gasteiger partial charge in [0.15, 0.2) is 11.2 Å². The molecule has 6 nitrogen and oxygen atoms in total. The molecule has 0 unspecified atom stereocenters. The van der Waals surface area contributed by atoms with Gasteiger partial charge in [0.2, 0.25) is 11.8 Å². The number of fused-ring (bicyclic) bond motifs is 11. The molecule has 0 aliphatic rings. The minimum atomic E-state index is 0.608. The highest BCUT2D eigenvalue weighted by Gasteiger charge is 2.20. The Kier molecular flexibility index (Phi) is 9.20. The third kappa shape index (κ3) is 6.76. The van der Waals surface area contributed by atoms with Gasteiger partial charge in [-0.2, -0.15) is 0 Å². The molecule has 0 fully saturated rings. The van der Waals surface area contributed by atoms with Gasteiger partial charge in [-0.3, -0.25) is 0 Å². The first-order valence-corrected chi connectivity index (χ1v) is 25.6. The zero-order valence-corrected chi connectivity index (χ0v) is 40.0. The molecule has 11 aromatic carbocycles. The van der Waals surface area contributed by atoms with E-state index in [4.69, 9.17) is 18.8 Å². The molecule has 0 aliphatic heterocycles. The van der Waals surface area contributed by atoms with Crippen molar-refractivity contribution in [2.45, 2.75) is 0 Å². The van der Waals surface area contributed by atoms with Crippen LogP contribution in [0.2, 0.25) is 0 Å². The normalized spacial score (nSPS) is 11.9. The Morgan fingerprint density at radius 1 is 0.292 bits per heavy atom. The Labute approximate surface area is 420 Å². The largest absolute Gasteiger partial charge is 0.436 e. The zero-order chi connectivity index (χ0) is 47.3. The van der Waals surface area contributed by atoms with Crippen LogP contribution in [0.15, 0.2) is 239 Å². The highest BCUT2D eigenvalue weighted by molar-refractivity contribution is 7.26. The Morgan fingerprint density at radius 3 is 1.10 bits per heavy atom. The fourth-order valence-corrected chi connectivity index (χ4v) is 12.7. The molecule has 0 aliphatic carbocycles. The van der Waals surface area contributed by atoms with Gasteiger partial charge < -0.3 is 18.6 Å². The first-order chi connectivity index (χ1) is 35.6. The maximum absolute atomic E-state index is 6.17. The minimum absolute atomic E-state index is 0.608. The Bertz CT molecular complexity index is 4240. The molecule has 4 heterocycles. The van der Waals surface area contributed by atoms with Crippen LogP contribution in [-0.2, 0) is 0 Å². The number of nitrogens with zero attached hydrogens (tertiary/aromatic N) is 4. The smallest absolute Gasteiger partial charge is 0.227 e. The number of hydrogen-bond donors (Lipinski definition) is 0. The Morgan fingerprint density at radius 2 is 0.653 bits per heavy atom. The molecule has 0 atom stereocenters.